The summed E-state index contributed by atoms with van der Waals surface area (Å²) in [6, 6.07) is -0.132. The predicted molar refractivity (Wildman–Crippen MR) is 65.5 cm³/mol. The van der Waals surface area contributed by atoms with Crippen LogP contribution in [0.1, 0.15) is 38.5 Å². The molecule has 1 N–H and O–H groups in total. The highest BCUT2D eigenvalue weighted by Gasteiger charge is 2.45. The van der Waals surface area contributed by atoms with Gasteiger partial charge in [0.25, 0.3) is 0 Å². The van der Waals surface area contributed by atoms with Crippen molar-refractivity contribution in [3.63, 3.8) is 0 Å². The van der Waals surface area contributed by atoms with E-state index >= 15 is 0 Å². The minimum atomic E-state index is -4.04. The van der Waals surface area contributed by atoms with E-state index < -0.39 is 12.1 Å². The fourth-order valence-electron chi connectivity index (χ4n) is 3.33. The summed E-state index contributed by atoms with van der Waals surface area (Å²) in [6.45, 7) is 1.94. The summed E-state index contributed by atoms with van der Waals surface area (Å²) in [4.78, 5) is 2.20. The molecule has 3 atom stereocenters. The second-order valence-corrected chi connectivity index (χ2v) is 5.81. The first-order valence-corrected chi connectivity index (χ1v) is 6.98. The van der Waals surface area contributed by atoms with Gasteiger partial charge < -0.3 is 10.2 Å². The highest BCUT2D eigenvalue weighted by atomic mass is 19.4. The molecule has 0 aromatic carbocycles. The van der Waals surface area contributed by atoms with Gasteiger partial charge in [-0.25, -0.2) is 0 Å². The molecule has 2 aliphatic rings. The summed E-state index contributed by atoms with van der Waals surface area (Å²) in [5.41, 5.74) is 0. The third-order valence-corrected chi connectivity index (χ3v) is 4.26. The molecular formula is C13H23F3N2. The van der Waals surface area contributed by atoms with Crippen LogP contribution in [0.2, 0.25) is 0 Å². The summed E-state index contributed by atoms with van der Waals surface area (Å²) in [6.07, 6.45) is 0.648. The van der Waals surface area contributed by atoms with Gasteiger partial charge in [0.05, 0.1) is 5.92 Å². The largest absolute Gasteiger partial charge is 0.393 e. The van der Waals surface area contributed by atoms with Gasteiger partial charge in [0.2, 0.25) is 0 Å². The third kappa shape index (κ3) is 3.60. The Morgan fingerprint density at radius 1 is 1.06 bits per heavy atom. The zero-order valence-electron chi connectivity index (χ0n) is 11.0. The molecular weight excluding hydrogens is 241 g/mol. The Morgan fingerprint density at radius 3 is 2.44 bits per heavy atom. The van der Waals surface area contributed by atoms with Crippen LogP contribution in [0.25, 0.3) is 0 Å². The molecule has 0 amide bonds. The number of nitrogens with zero attached hydrogens (tertiary/aromatic N) is 1. The maximum absolute atomic E-state index is 13.0. The second kappa shape index (κ2) is 5.78. The number of hydrogen-bond acceptors (Lipinski definition) is 2. The van der Waals surface area contributed by atoms with Crippen LogP contribution in [0.4, 0.5) is 13.2 Å². The maximum atomic E-state index is 13.0. The van der Waals surface area contributed by atoms with Crippen molar-refractivity contribution < 1.29 is 13.2 Å². The van der Waals surface area contributed by atoms with Crippen LogP contribution >= 0.6 is 0 Å². The normalized spacial score (nSPS) is 35.7. The van der Waals surface area contributed by atoms with E-state index in [2.05, 4.69) is 10.2 Å². The number of likely N-dealkylation sites (tertiary alicyclic amines) is 1. The van der Waals surface area contributed by atoms with E-state index in [0.717, 1.165) is 32.4 Å². The van der Waals surface area contributed by atoms with Crippen LogP contribution in [-0.2, 0) is 0 Å². The van der Waals surface area contributed by atoms with Crippen LogP contribution in [-0.4, -0.2) is 43.3 Å². The lowest BCUT2D eigenvalue weighted by atomic mass is 9.83. The monoisotopic (exact) mass is 264 g/mol. The molecule has 1 saturated carbocycles. The summed E-state index contributed by atoms with van der Waals surface area (Å²) < 4.78 is 38.9. The molecule has 18 heavy (non-hydrogen) atoms. The molecule has 2 rings (SSSR count). The van der Waals surface area contributed by atoms with Gasteiger partial charge in [-0.15, -0.1) is 0 Å². The van der Waals surface area contributed by atoms with Gasteiger partial charge in [-0.2, -0.15) is 13.2 Å². The standard InChI is InChI=1S/C13H23F3N2/c1-18-8-4-5-10(9-18)17-12-7-3-2-6-11(12)13(14,15)16/h10-12,17H,2-9H2,1H3. The first-order valence-electron chi connectivity index (χ1n) is 6.98. The maximum Gasteiger partial charge on any atom is 0.393 e. The van der Waals surface area contributed by atoms with E-state index in [1.165, 1.54) is 0 Å². The fraction of sp³-hybridized carbons (Fsp3) is 1.00. The van der Waals surface area contributed by atoms with Crippen LogP contribution in [0.15, 0.2) is 0 Å². The van der Waals surface area contributed by atoms with E-state index in [1.54, 1.807) is 0 Å². The predicted octanol–water partition coefficient (Wildman–Crippen LogP) is 2.79. The number of rotatable bonds is 2. The van der Waals surface area contributed by atoms with Gasteiger partial charge in [-0.05, 0) is 39.3 Å². The third-order valence-electron chi connectivity index (χ3n) is 4.26. The number of nitrogens with one attached hydrogen (secondary N) is 1. The Labute approximate surface area is 107 Å². The van der Waals surface area contributed by atoms with Gasteiger partial charge in [0.1, 0.15) is 0 Å². The van der Waals surface area contributed by atoms with E-state index in [0.29, 0.717) is 19.3 Å². The molecule has 106 valence electrons. The van der Waals surface area contributed by atoms with Crippen LogP contribution < -0.4 is 5.32 Å². The number of hydrogen-bond donors (Lipinski definition) is 1. The molecule has 1 aliphatic carbocycles. The summed E-state index contributed by atoms with van der Waals surface area (Å²) in [7, 11) is 2.04. The van der Waals surface area contributed by atoms with Gasteiger partial charge in [0.15, 0.2) is 0 Å². The van der Waals surface area contributed by atoms with Crippen molar-refractivity contribution in [1.29, 1.82) is 0 Å². The fourth-order valence-corrected chi connectivity index (χ4v) is 3.33. The number of piperidine rings is 1. The Balaban J connectivity index is 1.93. The second-order valence-electron chi connectivity index (χ2n) is 5.81. The minimum Gasteiger partial charge on any atom is -0.309 e. The number of likely N-dealkylation sites (N-methyl/N-ethyl adjacent to an activating group) is 1. The molecule has 3 unspecified atom stereocenters. The van der Waals surface area contributed by atoms with Crippen molar-refractivity contribution in [2.24, 2.45) is 5.92 Å². The van der Waals surface area contributed by atoms with Crippen molar-refractivity contribution in [3.05, 3.63) is 0 Å². The molecule has 1 aliphatic heterocycles. The zero-order valence-corrected chi connectivity index (χ0v) is 11.0. The Morgan fingerprint density at radius 2 is 1.78 bits per heavy atom. The van der Waals surface area contributed by atoms with Gasteiger partial charge in [0, 0.05) is 18.6 Å². The first kappa shape index (κ1) is 14.1. The van der Waals surface area contributed by atoms with Crippen molar-refractivity contribution in [2.45, 2.75) is 56.8 Å². The van der Waals surface area contributed by atoms with Gasteiger partial charge in [-0.1, -0.05) is 12.8 Å². The van der Waals surface area contributed by atoms with Crippen molar-refractivity contribution in [1.82, 2.24) is 10.2 Å². The topological polar surface area (TPSA) is 15.3 Å². The molecule has 0 bridgehead atoms. The smallest absolute Gasteiger partial charge is 0.309 e. The molecule has 0 aromatic heterocycles. The molecule has 5 heteroatoms. The zero-order chi connectivity index (χ0) is 13.2. The van der Waals surface area contributed by atoms with E-state index in [4.69, 9.17) is 0 Å². The Bertz CT molecular complexity index is 267. The van der Waals surface area contributed by atoms with E-state index in [9.17, 15) is 13.2 Å². The minimum absolute atomic E-state index is 0.233. The number of alkyl halides is 3. The average Bonchev–Trinajstić information content (AvgIpc) is 2.28. The Hall–Kier alpha value is -0.290. The van der Waals surface area contributed by atoms with Gasteiger partial charge >= 0.3 is 6.18 Å². The highest BCUT2D eigenvalue weighted by molar-refractivity contribution is 4.89. The molecule has 0 radical (unpaired) electrons. The lowest BCUT2D eigenvalue weighted by molar-refractivity contribution is -0.189. The van der Waals surface area contributed by atoms with Crippen molar-refractivity contribution in [3.8, 4) is 0 Å². The van der Waals surface area contributed by atoms with Crippen LogP contribution in [0.3, 0.4) is 0 Å². The summed E-state index contributed by atoms with van der Waals surface area (Å²) in [5.74, 6) is -1.14. The van der Waals surface area contributed by atoms with E-state index in [1.807, 2.05) is 7.05 Å². The Kier molecular flexibility index (Phi) is 4.54. The molecule has 2 fully saturated rings. The van der Waals surface area contributed by atoms with E-state index in [-0.39, 0.29) is 12.1 Å². The lowest BCUT2D eigenvalue weighted by Gasteiger charge is -2.39. The molecule has 2 nitrogen and oxygen atoms in total. The molecule has 0 aromatic rings. The quantitative estimate of drug-likeness (QED) is 0.825. The highest BCUT2D eigenvalue weighted by Crippen LogP contribution is 2.38. The molecule has 1 heterocycles. The average molecular weight is 264 g/mol. The van der Waals surface area contributed by atoms with Crippen LogP contribution in [0, 0.1) is 5.92 Å². The lowest BCUT2D eigenvalue weighted by Crippen LogP contribution is -2.53. The van der Waals surface area contributed by atoms with Crippen molar-refractivity contribution in [2.75, 3.05) is 20.1 Å². The number of halogens is 3. The first-order chi connectivity index (χ1) is 8.47. The summed E-state index contributed by atoms with van der Waals surface area (Å²) >= 11 is 0. The molecule has 0 spiro atoms. The van der Waals surface area contributed by atoms with Crippen molar-refractivity contribution >= 4 is 0 Å². The van der Waals surface area contributed by atoms with Crippen LogP contribution in [0.5, 0.6) is 0 Å². The summed E-state index contributed by atoms with van der Waals surface area (Å²) in [5, 5.41) is 3.28. The van der Waals surface area contributed by atoms with Gasteiger partial charge in [-0.3, -0.25) is 0 Å². The molecule has 1 saturated heterocycles. The SMILES string of the molecule is CN1CCCC(NC2CCCCC2C(F)(F)F)C1.